The number of nitrogens with two attached hydrogens (primary N) is 1. The Morgan fingerprint density at radius 2 is 2.21 bits per heavy atom. The number of thioether (sulfide) groups is 1. The molecule has 4 heteroatoms. The van der Waals surface area contributed by atoms with Gasteiger partial charge in [0.2, 0.25) is 0 Å². The Bertz CT molecular complexity index is 563. The Kier molecular flexibility index (Phi) is 4.12. The van der Waals surface area contributed by atoms with Crippen molar-refractivity contribution in [2.24, 2.45) is 0 Å². The van der Waals surface area contributed by atoms with Crippen LogP contribution in [0, 0.1) is 0 Å². The molecule has 98 valence electrons. The number of fused-ring (bicyclic) bond motifs is 1. The van der Waals surface area contributed by atoms with Crippen LogP contribution in [0.15, 0.2) is 60.1 Å². The molecule has 0 saturated carbocycles. The average molecular weight is 272 g/mol. The molecule has 0 aromatic heterocycles. The molecule has 0 saturated heterocycles. The summed E-state index contributed by atoms with van der Waals surface area (Å²) in [5.41, 5.74) is 7.88. The van der Waals surface area contributed by atoms with Crippen LogP contribution in [-0.2, 0) is 4.79 Å². The van der Waals surface area contributed by atoms with Gasteiger partial charge in [-0.3, -0.25) is 4.79 Å². The number of rotatable bonds is 3. The number of nitrogens with zero attached hydrogens (tertiary/aromatic N) is 1. The molecule has 1 aliphatic rings. The van der Waals surface area contributed by atoms with Gasteiger partial charge in [-0.2, -0.15) is 0 Å². The van der Waals surface area contributed by atoms with Crippen molar-refractivity contribution in [3.05, 3.63) is 55.2 Å². The number of allylic oxidation sites excluding steroid dienone is 2. The summed E-state index contributed by atoms with van der Waals surface area (Å²) >= 11 is 1.74. The second-order valence-electron chi connectivity index (χ2n) is 4.09. The Balaban J connectivity index is 2.40. The first-order chi connectivity index (χ1) is 9.17. The lowest BCUT2D eigenvalue weighted by Crippen LogP contribution is -2.36. The number of carbonyl (C=O) groups is 1. The molecule has 0 spiro atoms. The molecule has 1 heterocycles. The second-order valence-corrected chi connectivity index (χ2v) is 5.23. The summed E-state index contributed by atoms with van der Waals surface area (Å²) in [5.74, 6) is 0.809. The minimum atomic E-state index is -0.0675. The zero-order valence-electron chi connectivity index (χ0n) is 10.6. The molecule has 1 aromatic carbocycles. The van der Waals surface area contributed by atoms with E-state index in [9.17, 15) is 4.79 Å². The van der Waals surface area contributed by atoms with Gasteiger partial charge < -0.3 is 10.6 Å². The van der Waals surface area contributed by atoms with Gasteiger partial charge in [-0.1, -0.05) is 31.4 Å². The molecule has 19 heavy (non-hydrogen) atoms. The first kappa shape index (κ1) is 13.5. The average Bonchev–Trinajstić information content (AvgIpc) is 2.43. The molecule has 0 bridgehead atoms. The molecule has 1 aromatic rings. The fourth-order valence-corrected chi connectivity index (χ4v) is 2.93. The SMILES string of the molecule is C=C/C=C(\C=C)C(=O)N1CCSc2ccc(N)cc21. The Morgan fingerprint density at radius 3 is 2.89 bits per heavy atom. The normalized spacial score (nSPS) is 14.7. The third-order valence-corrected chi connectivity index (χ3v) is 3.90. The Morgan fingerprint density at radius 1 is 1.42 bits per heavy atom. The van der Waals surface area contributed by atoms with E-state index in [1.54, 1.807) is 34.9 Å². The molecule has 2 rings (SSSR count). The molecule has 1 aliphatic heterocycles. The van der Waals surface area contributed by atoms with Crippen LogP contribution < -0.4 is 10.6 Å². The van der Waals surface area contributed by atoms with E-state index in [1.165, 1.54) is 0 Å². The summed E-state index contributed by atoms with van der Waals surface area (Å²) in [4.78, 5) is 15.3. The van der Waals surface area contributed by atoms with E-state index in [0.29, 0.717) is 17.8 Å². The molecule has 2 N–H and O–H groups in total. The summed E-state index contributed by atoms with van der Waals surface area (Å²) in [6.45, 7) is 7.96. The van der Waals surface area contributed by atoms with Crippen LogP contribution >= 0.6 is 11.8 Å². The lowest BCUT2D eigenvalue weighted by atomic mass is 10.1. The number of carbonyl (C=O) groups excluding carboxylic acids is 1. The molecule has 0 radical (unpaired) electrons. The molecular weight excluding hydrogens is 256 g/mol. The van der Waals surface area contributed by atoms with Gasteiger partial charge in [0.05, 0.1) is 5.69 Å². The van der Waals surface area contributed by atoms with Crippen molar-refractivity contribution in [2.45, 2.75) is 4.90 Å². The molecule has 1 amide bonds. The number of hydrogen-bond acceptors (Lipinski definition) is 3. The molecule has 0 unspecified atom stereocenters. The third-order valence-electron chi connectivity index (χ3n) is 2.86. The zero-order chi connectivity index (χ0) is 13.8. The lowest BCUT2D eigenvalue weighted by Gasteiger charge is -2.29. The van der Waals surface area contributed by atoms with Crippen LogP contribution in [-0.4, -0.2) is 18.2 Å². The van der Waals surface area contributed by atoms with E-state index in [-0.39, 0.29) is 5.91 Å². The molecule has 0 aliphatic carbocycles. The number of anilines is 2. The van der Waals surface area contributed by atoms with Crippen molar-refractivity contribution < 1.29 is 4.79 Å². The maximum atomic E-state index is 12.5. The van der Waals surface area contributed by atoms with Gasteiger partial charge in [0.1, 0.15) is 0 Å². The van der Waals surface area contributed by atoms with Crippen molar-refractivity contribution in [3.8, 4) is 0 Å². The number of nitrogen functional groups attached to an aromatic ring is 1. The van der Waals surface area contributed by atoms with Crippen LogP contribution in [0.1, 0.15) is 0 Å². The standard InChI is InChI=1S/C15H16N2OS/c1-3-5-11(4-2)15(18)17-8-9-19-14-7-6-12(16)10-13(14)17/h3-7,10H,1-2,8-9,16H2/b11-5+. The Labute approximate surface area is 117 Å². The van der Waals surface area contributed by atoms with Crippen molar-refractivity contribution in [1.29, 1.82) is 0 Å². The molecule has 0 fully saturated rings. The highest BCUT2D eigenvalue weighted by molar-refractivity contribution is 7.99. The number of benzene rings is 1. The van der Waals surface area contributed by atoms with Crippen molar-refractivity contribution in [1.82, 2.24) is 0 Å². The van der Waals surface area contributed by atoms with Crippen LogP contribution in [0.2, 0.25) is 0 Å². The maximum Gasteiger partial charge on any atom is 0.258 e. The van der Waals surface area contributed by atoms with Crippen LogP contribution in [0.4, 0.5) is 11.4 Å². The fraction of sp³-hybridized carbons (Fsp3) is 0.133. The summed E-state index contributed by atoms with van der Waals surface area (Å²) in [6.07, 6.45) is 4.81. The Hall–Kier alpha value is -1.94. The van der Waals surface area contributed by atoms with Crippen molar-refractivity contribution in [3.63, 3.8) is 0 Å². The van der Waals surface area contributed by atoms with Gasteiger partial charge in [-0.05, 0) is 18.2 Å². The molecular formula is C15H16N2OS. The lowest BCUT2D eigenvalue weighted by molar-refractivity contribution is -0.114. The first-order valence-electron chi connectivity index (χ1n) is 5.96. The van der Waals surface area contributed by atoms with Crippen LogP contribution in [0.3, 0.4) is 0 Å². The van der Waals surface area contributed by atoms with Gasteiger partial charge in [0, 0.05) is 28.5 Å². The summed E-state index contributed by atoms with van der Waals surface area (Å²) < 4.78 is 0. The van der Waals surface area contributed by atoms with E-state index < -0.39 is 0 Å². The fourth-order valence-electron chi connectivity index (χ4n) is 1.96. The van der Waals surface area contributed by atoms with Gasteiger partial charge >= 0.3 is 0 Å². The molecule has 0 atom stereocenters. The largest absolute Gasteiger partial charge is 0.399 e. The monoisotopic (exact) mass is 272 g/mol. The highest BCUT2D eigenvalue weighted by atomic mass is 32.2. The molecule has 3 nitrogen and oxygen atoms in total. The highest BCUT2D eigenvalue weighted by Gasteiger charge is 2.24. The van der Waals surface area contributed by atoms with E-state index in [0.717, 1.165) is 16.3 Å². The van der Waals surface area contributed by atoms with E-state index in [2.05, 4.69) is 13.2 Å². The minimum Gasteiger partial charge on any atom is -0.399 e. The highest BCUT2D eigenvalue weighted by Crippen LogP contribution is 2.36. The van der Waals surface area contributed by atoms with Crippen molar-refractivity contribution >= 4 is 29.0 Å². The van der Waals surface area contributed by atoms with Crippen LogP contribution in [0.25, 0.3) is 0 Å². The third kappa shape index (κ3) is 2.74. The van der Waals surface area contributed by atoms with E-state index >= 15 is 0 Å². The minimum absolute atomic E-state index is 0.0675. The summed E-state index contributed by atoms with van der Waals surface area (Å²) in [5, 5.41) is 0. The smallest absolute Gasteiger partial charge is 0.258 e. The predicted molar refractivity (Wildman–Crippen MR) is 82.4 cm³/mol. The van der Waals surface area contributed by atoms with Crippen LogP contribution in [0.5, 0.6) is 0 Å². The number of amides is 1. The van der Waals surface area contributed by atoms with E-state index in [4.69, 9.17) is 5.73 Å². The van der Waals surface area contributed by atoms with E-state index in [1.807, 2.05) is 18.2 Å². The second kappa shape index (κ2) is 5.80. The number of hydrogen-bond donors (Lipinski definition) is 1. The summed E-state index contributed by atoms with van der Waals surface area (Å²) in [7, 11) is 0. The maximum absolute atomic E-state index is 12.5. The van der Waals surface area contributed by atoms with Gasteiger partial charge in [-0.15, -0.1) is 11.8 Å². The summed E-state index contributed by atoms with van der Waals surface area (Å²) in [6, 6.07) is 5.65. The van der Waals surface area contributed by atoms with Crippen molar-refractivity contribution in [2.75, 3.05) is 22.9 Å². The predicted octanol–water partition coefficient (Wildman–Crippen LogP) is 3.01. The van der Waals surface area contributed by atoms with Gasteiger partial charge in [0.15, 0.2) is 0 Å². The topological polar surface area (TPSA) is 46.3 Å². The van der Waals surface area contributed by atoms with Gasteiger partial charge in [-0.25, -0.2) is 0 Å². The van der Waals surface area contributed by atoms with Gasteiger partial charge in [0.25, 0.3) is 5.91 Å². The quantitative estimate of drug-likeness (QED) is 0.522. The first-order valence-corrected chi connectivity index (χ1v) is 6.95. The zero-order valence-corrected chi connectivity index (χ0v) is 11.5.